The monoisotopic (exact) mass is 542 g/mol. The molecule has 0 aromatic carbocycles. The quantitative estimate of drug-likeness (QED) is 0.245. The summed E-state index contributed by atoms with van der Waals surface area (Å²) in [5.74, 6) is 0. The minimum Gasteiger partial charge on any atom is -0.310 e. The molecule has 0 amide bonds. The Morgan fingerprint density at radius 1 is 1.00 bits per heavy atom. The Kier molecular flexibility index (Phi) is 6.95. The number of hydrogen-bond acceptors (Lipinski definition) is 9. The van der Waals surface area contributed by atoms with Crippen molar-refractivity contribution < 1.29 is 46.4 Å². The van der Waals surface area contributed by atoms with E-state index in [0.29, 0.717) is 0 Å². The number of halogens is 1. The van der Waals surface area contributed by atoms with Gasteiger partial charge in [0.05, 0.1) is 6.61 Å². The Bertz CT molecular complexity index is 1210. The fraction of sp³-hybridized carbons (Fsp3) is 0.444. The normalized spacial score (nSPS) is 16.7. The second-order valence-electron chi connectivity index (χ2n) is 5.33. The summed E-state index contributed by atoms with van der Waals surface area (Å²) in [6, 6.07) is 0. The first-order chi connectivity index (χ1) is 13.0. The van der Waals surface area contributed by atoms with Crippen LogP contribution < -0.4 is 11.2 Å². The maximum absolute atomic E-state index is 12.4. The third kappa shape index (κ3) is 5.81. The summed E-state index contributed by atoms with van der Waals surface area (Å²) in [5, 5.41) is 0. The zero-order chi connectivity index (χ0) is 22.4. The lowest BCUT2D eigenvalue weighted by Crippen LogP contribution is -2.37. The van der Waals surface area contributed by atoms with Gasteiger partial charge in [-0.05, 0) is 15.9 Å². The molecule has 164 valence electrons. The summed E-state index contributed by atoms with van der Waals surface area (Å²) < 4.78 is 48.4. The molecule has 0 bridgehead atoms. The van der Waals surface area contributed by atoms with Gasteiger partial charge >= 0.3 is 29.2 Å². The maximum Gasteiger partial charge on any atom is 0.490 e. The Labute approximate surface area is 168 Å². The summed E-state index contributed by atoms with van der Waals surface area (Å²) in [6.07, 6.45) is 0. The molecular formula is C9H14BrN4O12P3. The van der Waals surface area contributed by atoms with Gasteiger partial charge in [-0.3, -0.25) is 18.5 Å². The average molecular weight is 543 g/mol. The summed E-state index contributed by atoms with van der Waals surface area (Å²) in [4.78, 5) is 63.8. The maximum atomic E-state index is 12.4. The van der Waals surface area contributed by atoms with Crippen LogP contribution in [0.1, 0.15) is 0 Å². The number of aromatic nitrogens is 4. The Hall–Kier alpha value is -0.960. The fourth-order valence-corrected chi connectivity index (χ4v) is 5.70. The van der Waals surface area contributed by atoms with Gasteiger partial charge in [0.15, 0.2) is 15.9 Å². The topological polar surface area (TPSA) is 222 Å². The lowest BCUT2D eigenvalue weighted by atomic mass is 10.5. The van der Waals surface area contributed by atoms with Gasteiger partial charge in [-0.1, -0.05) is 0 Å². The lowest BCUT2D eigenvalue weighted by molar-refractivity contribution is 0.168. The van der Waals surface area contributed by atoms with E-state index in [1.165, 1.54) is 18.7 Å². The standard InChI is InChI=1S/C9H14BrN4O12P3/c1-12-6-5(7(15)13(2)9(12)16)14(8(10)11-6)3-4-24-28(20,21)26-29(22,23)25-27(17,18)19/h3-4H2,1-2H3,(H,20,21)(H,22,23)(H2,17,18,19). The van der Waals surface area contributed by atoms with Crippen LogP contribution in [-0.2, 0) is 47.5 Å². The van der Waals surface area contributed by atoms with Gasteiger partial charge in [-0.15, -0.1) is 0 Å². The second kappa shape index (κ2) is 8.29. The smallest absolute Gasteiger partial charge is 0.310 e. The molecule has 16 nitrogen and oxygen atoms in total. The molecule has 20 heteroatoms. The number of fused-ring (bicyclic) bond motifs is 1. The van der Waals surface area contributed by atoms with Gasteiger partial charge in [-0.25, -0.2) is 23.5 Å². The van der Waals surface area contributed by atoms with Crippen LogP contribution >= 0.6 is 39.4 Å². The van der Waals surface area contributed by atoms with Crippen LogP contribution in [-0.4, -0.2) is 44.9 Å². The van der Waals surface area contributed by atoms with Crippen molar-refractivity contribution in [2.45, 2.75) is 6.54 Å². The Morgan fingerprint density at radius 2 is 1.59 bits per heavy atom. The molecule has 0 aliphatic carbocycles. The molecule has 2 aromatic heterocycles. The minimum atomic E-state index is -5.63. The fourth-order valence-electron chi connectivity index (χ4n) is 2.17. The molecule has 2 heterocycles. The number of hydrogen-bond donors (Lipinski definition) is 4. The minimum absolute atomic E-state index is 0.0170. The van der Waals surface area contributed by atoms with Gasteiger partial charge in [-0.2, -0.15) is 8.62 Å². The van der Waals surface area contributed by atoms with Gasteiger partial charge in [0, 0.05) is 20.6 Å². The number of imidazole rings is 1. The van der Waals surface area contributed by atoms with Crippen molar-refractivity contribution in [3.63, 3.8) is 0 Å². The van der Waals surface area contributed by atoms with E-state index < -0.39 is 41.3 Å². The number of phosphoric ester groups is 1. The molecule has 0 aliphatic heterocycles. The van der Waals surface area contributed by atoms with E-state index in [-0.39, 0.29) is 22.4 Å². The molecule has 29 heavy (non-hydrogen) atoms. The van der Waals surface area contributed by atoms with E-state index >= 15 is 0 Å². The van der Waals surface area contributed by atoms with E-state index in [1.54, 1.807) is 0 Å². The van der Waals surface area contributed by atoms with Crippen molar-refractivity contribution in [1.29, 1.82) is 0 Å². The van der Waals surface area contributed by atoms with Crippen molar-refractivity contribution in [2.75, 3.05) is 6.61 Å². The molecule has 0 saturated heterocycles. The highest BCUT2D eigenvalue weighted by Crippen LogP contribution is 2.66. The first-order valence-electron chi connectivity index (χ1n) is 7.15. The van der Waals surface area contributed by atoms with Gasteiger partial charge in [0.2, 0.25) is 0 Å². The number of rotatable bonds is 8. The average Bonchev–Trinajstić information content (AvgIpc) is 2.84. The Balaban J connectivity index is 2.22. The van der Waals surface area contributed by atoms with Gasteiger partial charge < -0.3 is 24.1 Å². The van der Waals surface area contributed by atoms with Crippen LogP contribution in [0.2, 0.25) is 0 Å². The molecule has 0 saturated carbocycles. The second-order valence-corrected chi connectivity index (χ2v) is 10.5. The van der Waals surface area contributed by atoms with Crippen LogP contribution in [0.3, 0.4) is 0 Å². The molecule has 0 aliphatic rings. The van der Waals surface area contributed by atoms with E-state index in [4.69, 9.17) is 14.7 Å². The highest BCUT2D eigenvalue weighted by atomic mass is 79.9. The predicted octanol–water partition coefficient (Wildman–Crippen LogP) is -0.461. The molecule has 2 aromatic rings. The van der Waals surface area contributed by atoms with E-state index in [0.717, 1.165) is 9.13 Å². The summed E-state index contributed by atoms with van der Waals surface area (Å²) in [6.45, 7) is -0.993. The van der Waals surface area contributed by atoms with Crippen LogP contribution in [0.25, 0.3) is 11.2 Å². The number of nitrogens with zero attached hydrogens (tertiary/aromatic N) is 4. The van der Waals surface area contributed by atoms with Crippen molar-refractivity contribution >= 4 is 50.6 Å². The summed E-state index contributed by atoms with van der Waals surface area (Å²) in [5.41, 5.74) is -1.37. The number of aryl methyl sites for hydroxylation is 1. The molecule has 0 fully saturated rings. The van der Waals surface area contributed by atoms with Gasteiger partial charge in [0.25, 0.3) is 5.56 Å². The third-order valence-electron chi connectivity index (χ3n) is 3.29. The van der Waals surface area contributed by atoms with E-state index in [2.05, 4.69) is 34.1 Å². The molecular weight excluding hydrogens is 529 g/mol. The SMILES string of the molecule is Cn1c(=O)c2c(nc(Br)n2CCOP(=O)(O)OP(=O)(O)OP(=O)(O)O)n(C)c1=O. The molecule has 0 spiro atoms. The molecule has 2 unspecified atom stereocenters. The largest absolute Gasteiger partial charge is 0.490 e. The third-order valence-corrected chi connectivity index (χ3v) is 7.73. The highest BCUT2D eigenvalue weighted by Gasteiger charge is 2.40. The van der Waals surface area contributed by atoms with Crippen molar-refractivity contribution in [2.24, 2.45) is 14.1 Å². The van der Waals surface area contributed by atoms with Crippen molar-refractivity contribution in [3.8, 4) is 0 Å². The predicted molar refractivity (Wildman–Crippen MR) is 97.7 cm³/mol. The highest BCUT2D eigenvalue weighted by molar-refractivity contribution is 9.10. The lowest BCUT2D eigenvalue weighted by Gasteiger charge is -2.16. The zero-order valence-electron chi connectivity index (χ0n) is 14.5. The number of phosphoric acid groups is 3. The van der Waals surface area contributed by atoms with Crippen molar-refractivity contribution in [1.82, 2.24) is 18.7 Å². The van der Waals surface area contributed by atoms with Gasteiger partial charge in [0.1, 0.15) is 0 Å². The van der Waals surface area contributed by atoms with Crippen molar-refractivity contribution in [3.05, 3.63) is 25.6 Å². The molecule has 2 atom stereocenters. The molecule has 4 N–H and O–H groups in total. The Morgan fingerprint density at radius 3 is 2.14 bits per heavy atom. The molecule has 0 radical (unpaired) electrons. The van der Waals surface area contributed by atoms with Crippen LogP contribution in [0.5, 0.6) is 0 Å². The first kappa shape index (κ1) is 24.3. The summed E-state index contributed by atoms with van der Waals surface area (Å²) >= 11 is 3.07. The van der Waals surface area contributed by atoms with Crippen LogP contribution in [0.15, 0.2) is 14.3 Å². The van der Waals surface area contributed by atoms with Crippen LogP contribution in [0, 0.1) is 0 Å². The van der Waals surface area contributed by atoms with E-state index in [9.17, 15) is 28.2 Å². The summed E-state index contributed by atoms with van der Waals surface area (Å²) in [7, 11) is -13.8. The van der Waals surface area contributed by atoms with E-state index in [1.807, 2.05) is 0 Å². The first-order valence-corrected chi connectivity index (χ1v) is 12.5. The molecule has 2 rings (SSSR count). The van der Waals surface area contributed by atoms with Crippen LogP contribution in [0.4, 0.5) is 0 Å². The zero-order valence-corrected chi connectivity index (χ0v) is 18.7.